The number of amides is 1. The lowest BCUT2D eigenvalue weighted by Crippen LogP contribution is -2.20. The second-order valence-corrected chi connectivity index (χ2v) is 8.71. The molecule has 3 rings (SSSR count). The number of carbonyl (C=O) groups is 1. The molecule has 0 heterocycles. The molecule has 3 aromatic rings. The molecular weight excluding hydrogens is 400 g/mol. The van der Waals surface area contributed by atoms with Gasteiger partial charge in [-0.3, -0.25) is 9.52 Å². The van der Waals surface area contributed by atoms with Crippen LogP contribution in [-0.2, 0) is 14.8 Å². The average molecular weight is 425 g/mol. The molecule has 0 saturated carbocycles. The minimum absolute atomic E-state index is 0.109. The molecule has 0 aliphatic heterocycles. The van der Waals surface area contributed by atoms with E-state index in [1.54, 1.807) is 12.1 Å². The number of para-hydroxylation sites is 1. The monoisotopic (exact) mass is 424 g/mol. The van der Waals surface area contributed by atoms with Crippen LogP contribution in [-0.4, -0.2) is 20.9 Å². The Bertz CT molecular complexity index is 1160. The fourth-order valence-electron chi connectivity index (χ4n) is 2.78. The topological polar surface area (TPSA) is 84.5 Å². The van der Waals surface area contributed by atoms with Gasteiger partial charge >= 0.3 is 0 Å². The normalized spacial score (nSPS) is 11.0. The number of sulfonamides is 1. The van der Waals surface area contributed by atoms with Gasteiger partial charge in [0, 0.05) is 11.4 Å². The summed E-state index contributed by atoms with van der Waals surface area (Å²) in [7, 11) is -3.72. The van der Waals surface area contributed by atoms with Crippen molar-refractivity contribution >= 4 is 27.3 Å². The molecule has 0 spiro atoms. The van der Waals surface area contributed by atoms with E-state index in [4.69, 9.17) is 4.74 Å². The van der Waals surface area contributed by atoms with Gasteiger partial charge in [-0.25, -0.2) is 8.42 Å². The molecule has 0 fully saturated rings. The molecule has 30 heavy (non-hydrogen) atoms. The number of ether oxygens (including phenoxy) is 1. The van der Waals surface area contributed by atoms with E-state index in [-0.39, 0.29) is 17.4 Å². The molecule has 2 N–H and O–H groups in total. The standard InChI is InChI=1S/C23H24N2O4S/c1-16-8-9-19(14-18(16)3)25-30(27,28)21-12-10-20(11-13-21)29-15-23(26)24-22-7-5-4-6-17(22)2/h4-14,25H,15H2,1-3H3,(H,24,26). The van der Waals surface area contributed by atoms with Crippen molar-refractivity contribution in [2.45, 2.75) is 25.7 Å². The molecule has 0 atom stereocenters. The van der Waals surface area contributed by atoms with E-state index in [0.717, 1.165) is 22.4 Å². The van der Waals surface area contributed by atoms with E-state index in [1.165, 1.54) is 24.3 Å². The summed E-state index contributed by atoms with van der Waals surface area (Å²) in [5.74, 6) is 0.109. The second-order valence-electron chi connectivity index (χ2n) is 7.03. The fraction of sp³-hybridized carbons (Fsp3) is 0.174. The van der Waals surface area contributed by atoms with Crippen LogP contribution in [0.5, 0.6) is 5.75 Å². The lowest BCUT2D eigenvalue weighted by molar-refractivity contribution is -0.118. The zero-order chi connectivity index (χ0) is 21.7. The van der Waals surface area contributed by atoms with Crippen LogP contribution in [0.1, 0.15) is 16.7 Å². The number of hydrogen-bond acceptors (Lipinski definition) is 4. The van der Waals surface area contributed by atoms with Crippen LogP contribution in [0.3, 0.4) is 0 Å². The highest BCUT2D eigenvalue weighted by atomic mass is 32.2. The van der Waals surface area contributed by atoms with Gasteiger partial charge in [-0.15, -0.1) is 0 Å². The predicted molar refractivity (Wildman–Crippen MR) is 118 cm³/mol. The highest BCUT2D eigenvalue weighted by Gasteiger charge is 2.15. The van der Waals surface area contributed by atoms with Crippen LogP contribution in [0.2, 0.25) is 0 Å². The number of anilines is 2. The van der Waals surface area contributed by atoms with E-state index < -0.39 is 10.0 Å². The molecule has 0 aromatic heterocycles. The first kappa shape index (κ1) is 21.4. The number of nitrogens with one attached hydrogen (secondary N) is 2. The Morgan fingerprint density at radius 2 is 1.57 bits per heavy atom. The number of rotatable bonds is 7. The third kappa shape index (κ3) is 5.39. The fourth-order valence-corrected chi connectivity index (χ4v) is 3.83. The number of benzene rings is 3. The molecule has 0 bridgehead atoms. The van der Waals surface area contributed by atoms with Crippen molar-refractivity contribution in [1.29, 1.82) is 0 Å². The lowest BCUT2D eigenvalue weighted by atomic mass is 10.1. The predicted octanol–water partition coefficient (Wildman–Crippen LogP) is 4.43. The maximum absolute atomic E-state index is 12.6. The van der Waals surface area contributed by atoms with E-state index in [2.05, 4.69) is 10.0 Å². The molecule has 156 valence electrons. The van der Waals surface area contributed by atoms with Crippen molar-refractivity contribution in [3.63, 3.8) is 0 Å². The minimum Gasteiger partial charge on any atom is -0.484 e. The molecule has 1 amide bonds. The quantitative estimate of drug-likeness (QED) is 0.588. The van der Waals surface area contributed by atoms with Gasteiger partial charge in [0.15, 0.2) is 6.61 Å². The first-order valence-corrected chi connectivity index (χ1v) is 10.9. The van der Waals surface area contributed by atoms with E-state index in [0.29, 0.717) is 11.4 Å². The van der Waals surface area contributed by atoms with Crippen molar-refractivity contribution in [3.05, 3.63) is 83.4 Å². The third-order valence-electron chi connectivity index (χ3n) is 4.68. The van der Waals surface area contributed by atoms with Crippen molar-refractivity contribution in [2.75, 3.05) is 16.6 Å². The zero-order valence-corrected chi connectivity index (χ0v) is 17.9. The van der Waals surface area contributed by atoms with Crippen LogP contribution in [0.25, 0.3) is 0 Å². The van der Waals surface area contributed by atoms with Gasteiger partial charge in [-0.2, -0.15) is 0 Å². The zero-order valence-electron chi connectivity index (χ0n) is 17.1. The smallest absolute Gasteiger partial charge is 0.262 e. The van der Waals surface area contributed by atoms with Gasteiger partial charge in [-0.05, 0) is 79.9 Å². The minimum atomic E-state index is -3.72. The van der Waals surface area contributed by atoms with E-state index >= 15 is 0 Å². The molecule has 0 saturated heterocycles. The summed E-state index contributed by atoms with van der Waals surface area (Å²) >= 11 is 0. The highest BCUT2D eigenvalue weighted by Crippen LogP contribution is 2.21. The maximum atomic E-state index is 12.6. The van der Waals surface area contributed by atoms with E-state index in [9.17, 15) is 13.2 Å². The van der Waals surface area contributed by atoms with Gasteiger partial charge in [0.1, 0.15) is 5.75 Å². The molecule has 0 aliphatic rings. The van der Waals surface area contributed by atoms with Crippen molar-refractivity contribution in [2.24, 2.45) is 0 Å². The van der Waals surface area contributed by atoms with Gasteiger partial charge in [0.05, 0.1) is 4.90 Å². The Hall–Kier alpha value is -3.32. The SMILES string of the molecule is Cc1ccc(NS(=O)(=O)c2ccc(OCC(=O)Nc3ccccc3C)cc2)cc1C. The Morgan fingerprint density at radius 1 is 0.867 bits per heavy atom. The van der Waals surface area contributed by atoms with Crippen molar-refractivity contribution in [3.8, 4) is 5.75 Å². The first-order valence-electron chi connectivity index (χ1n) is 9.43. The van der Waals surface area contributed by atoms with Gasteiger partial charge < -0.3 is 10.1 Å². The number of hydrogen-bond donors (Lipinski definition) is 2. The number of aryl methyl sites for hydroxylation is 3. The Balaban J connectivity index is 1.60. The molecule has 7 heteroatoms. The summed E-state index contributed by atoms with van der Waals surface area (Å²) in [6.45, 7) is 5.62. The lowest BCUT2D eigenvalue weighted by Gasteiger charge is -2.11. The Kier molecular flexibility index (Phi) is 6.42. The maximum Gasteiger partial charge on any atom is 0.262 e. The molecule has 3 aromatic carbocycles. The average Bonchev–Trinajstić information content (AvgIpc) is 2.71. The Labute approximate surface area is 177 Å². The molecule has 0 unspecified atom stereocenters. The summed E-state index contributed by atoms with van der Waals surface area (Å²) in [4.78, 5) is 12.2. The summed E-state index contributed by atoms with van der Waals surface area (Å²) in [6, 6.07) is 18.8. The largest absolute Gasteiger partial charge is 0.484 e. The van der Waals surface area contributed by atoms with Crippen LogP contribution in [0.15, 0.2) is 71.6 Å². The van der Waals surface area contributed by atoms with Crippen molar-refractivity contribution in [1.82, 2.24) is 0 Å². The van der Waals surface area contributed by atoms with Gasteiger partial charge in [-0.1, -0.05) is 24.3 Å². The first-order chi connectivity index (χ1) is 14.2. The van der Waals surface area contributed by atoms with Crippen LogP contribution < -0.4 is 14.8 Å². The van der Waals surface area contributed by atoms with Crippen molar-refractivity contribution < 1.29 is 17.9 Å². The van der Waals surface area contributed by atoms with Crippen LogP contribution in [0.4, 0.5) is 11.4 Å². The second kappa shape index (κ2) is 9.00. The molecule has 0 aliphatic carbocycles. The molecule has 6 nitrogen and oxygen atoms in total. The summed E-state index contributed by atoms with van der Waals surface area (Å²) in [5.41, 5.74) is 4.28. The van der Waals surface area contributed by atoms with E-state index in [1.807, 2.05) is 51.1 Å². The van der Waals surface area contributed by atoms with Gasteiger partial charge in [0.2, 0.25) is 0 Å². The van der Waals surface area contributed by atoms with Crippen LogP contribution >= 0.6 is 0 Å². The number of carbonyl (C=O) groups excluding carboxylic acids is 1. The van der Waals surface area contributed by atoms with Crippen LogP contribution in [0, 0.1) is 20.8 Å². The molecule has 0 radical (unpaired) electrons. The summed E-state index contributed by atoms with van der Waals surface area (Å²) in [6.07, 6.45) is 0. The summed E-state index contributed by atoms with van der Waals surface area (Å²) < 4.78 is 33.2. The highest BCUT2D eigenvalue weighted by molar-refractivity contribution is 7.92. The Morgan fingerprint density at radius 3 is 2.23 bits per heavy atom. The molecular formula is C23H24N2O4S. The third-order valence-corrected chi connectivity index (χ3v) is 6.08. The van der Waals surface area contributed by atoms with Gasteiger partial charge in [0.25, 0.3) is 15.9 Å². The summed E-state index contributed by atoms with van der Waals surface area (Å²) in [5, 5.41) is 2.78.